The molecule has 36 heavy (non-hydrogen) atoms. The Balaban J connectivity index is 1.70. The number of rotatable bonds is 8. The van der Waals surface area contributed by atoms with Crippen molar-refractivity contribution in [3.8, 4) is 11.3 Å². The topological polar surface area (TPSA) is 93.7 Å². The predicted octanol–water partition coefficient (Wildman–Crippen LogP) is 3.88. The summed E-state index contributed by atoms with van der Waals surface area (Å²) in [6.45, 7) is 1.28. The number of nitrogens with zero attached hydrogens (tertiary/aromatic N) is 4. The number of aliphatic hydroxyl groups is 1. The number of benzene rings is 1. The first-order valence-corrected chi connectivity index (χ1v) is 10.9. The predicted molar refractivity (Wildman–Crippen MR) is 122 cm³/mol. The van der Waals surface area contributed by atoms with Crippen LogP contribution in [0.5, 0.6) is 0 Å². The average Bonchev–Trinajstić information content (AvgIpc) is 3.46. The number of pyridine rings is 1. The van der Waals surface area contributed by atoms with Gasteiger partial charge >= 0.3 is 6.18 Å². The molecule has 3 aromatic heterocycles. The van der Waals surface area contributed by atoms with Gasteiger partial charge in [0.05, 0.1) is 24.0 Å². The van der Waals surface area contributed by atoms with Crippen molar-refractivity contribution in [2.75, 3.05) is 13.8 Å². The van der Waals surface area contributed by atoms with Crippen LogP contribution in [0.1, 0.15) is 35.0 Å². The summed E-state index contributed by atoms with van der Waals surface area (Å²) in [7, 11) is 1.44. The lowest BCUT2D eigenvalue weighted by Gasteiger charge is -2.26. The number of ether oxygens (including phenoxy) is 1. The van der Waals surface area contributed by atoms with Crippen molar-refractivity contribution in [3.63, 3.8) is 0 Å². The summed E-state index contributed by atoms with van der Waals surface area (Å²) in [5.74, 6) is -0.812. The number of aromatic nitrogens is 4. The molecule has 1 unspecified atom stereocenters. The molecule has 0 spiro atoms. The van der Waals surface area contributed by atoms with Crippen LogP contribution in [0.3, 0.4) is 0 Å². The van der Waals surface area contributed by atoms with Crippen LogP contribution in [0.25, 0.3) is 16.8 Å². The van der Waals surface area contributed by atoms with E-state index in [0.29, 0.717) is 27.9 Å². The van der Waals surface area contributed by atoms with Crippen LogP contribution in [0.2, 0.25) is 0 Å². The van der Waals surface area contributed by atoms with Crippen molar-refractivity contribution in [3.05, 3.63) is 77.5 Å². The Labute approximate surface area is 203 Å². The minimum atomic E-state index is -4.90. The molecule has 190 valence electrons. The van der Waals surface area contributed by atoms with Gasteiger partial charge in [0.2, 0.25) is 5.60 Å². The summed E-state index contributed by atoms with van der Waals surface area (Å²) in [5.41, 5.74) is -0.919. The van der Waals surface area contributed by atoms with Crippen molar-refractivity contribution in [1.29, 1.82) is 0 Å². The van der Waals surface area contributed by atoms with Gasteiger partial charge in [0.1, 0.15) is 18.2 Å². The lowest BCUT2D eigenvalue weighted by Crippen LogP contribution is -2.42. The summed E-state index contributed by atoms with van der Waals surface area (Å²) in [4.78, 5) is 12.8. The number of hydrogen-bond donors (Lipinski definition) is 2. The first-order chi connectivity index (χ1) is 17.1. The molecular weight excluding hydrogens is 482 g/mol. The second kappa shape index (κ2) is 9.70. The van der Waals surface area contributed by atoms with E-state index < -0.39 is 35.6 Å². The highest BCUT2D eigenvalue weighted by molar-refractivity contribution is 6.02. The van der Waals surface area contributed by atoms with Gasteiger partial charge in [0.15, 0.2) is 0 Å². The van der Waals surface area contributed by atoms with E-state index in [1.54, 1.807) is 40.9 Å². The molecular formula is C24H23F4N5O3. The first-order valence-electron chi connectivity index (χ1n) is 10.9. The highest BCUT2D eigenvalue weighted by atomic mass is 19.4. The van der Waals surface area contributed by atoms with E-state index in [9.17, 15) is 27.5 Å². The largest absolute Gasteiger partial charge is 0.423 e. The molecule has 0 aliphatic rings. The number of methoxy groups -OCH3 is 1. The Morgan fingerprint density at radius 2 is 1.89 bits per heavy atom. The van der Waals surface area contributed by atoms with Crippen molar-refractivity contribution >= 4 is 11.4 Å². The molecule has 0 fully saturated rings. The van der Waals surface area contributed by atoms with E-state index >= 15 is 0 Å². The highest BCUT2D eigenvalue weighted by Gasteiger charge is 2.55. The van der Waals surface area contributed by atoms with E-state index in [2.05, 4.69) is 15.6 Å². The molecule has 4 rings (SSSR count). The standard InChI is InChI=1S/C24H23F4N5O3/c1-3-23(35,24(26,27)28)20-13-32(31-30-20)12-15-8-9-33-18(10-15)11-19(22(34)29-14-36-2)21(33)16-4-6-17(25)7-5-16/h4-11,13,35H,3,12,14H2,1-2H3,(H,29,34). The number of hydrogen-bond acceptors (Lipinski definition) is 5. The maximum Gasteiger partial charge on any atom is 0.423 e. The van der Waals surface area contributed by atoms with Crippen LogP contribution in [0.4, 0.5) is 17.6 Å². The third-order valence-electron chi connectivity index (χ3n) is 5.86. The van der Waals surface area contributed by atoms with Crippen molar-refractivity contribution in [2.24, 2.45) is 0 Å². The Kier molecular flexibility index (Phi) is 6.83. The van der Waals surface area contributed by atoms with Crippen LogP contribution >= 0.6 is 0 Å². The minimum absolute atomic E-state index is 0.00417. The normalized spacial score (nSPS) is 13.6. The Bertz CT molecular complexity index is 1380. The maximum absolute atomic E-state index is 13.5. The molecule has 0 saturated carbocycles. The second-order valence-corrected chi connectivity index (χ2v) is 8.20. The monoisotopic (exact) mass is 505 g/mol. The van der Waals surface area contributed by atoms with Gasteiger partial charge in [-0.1, -0.05) is 12.1 Å². The summed E-state index contributed by atoms with van der Waals surface area (Å²) in [5, 5.41) is 20.0. The number of alkyl halides is 3. The van der Waals surface area contributed by atoms with Crippen LogP contribution in [-0.2, 0) is 16.9 Å². The van der Waals surface area contributed by atoms with E-state index in [1.807, 2.05) is 0 Å². The summed E-state index contributed by atoms with van der Waals surface area (Å²) < 4.78 is 61.4. The number of amides is 1. The number of carbonyl (C=O) groups excluding carboxylic acids is 1. The molecule has 2 N–H and O–H groups in total. The van der Waals surface area contributed by atoms with Crippen molar-refractivity contribution in [2.45, 2.75) is 31.7 Å². The van der Waals surface area contributed by atoms with Gasteiger partial charge in [0, 0.05) is 18.8 Å². The van der Waals surface area contributed by atoms with Gasteiger partial charge in [-0.15, -0.1) is 5.10 Å². The molecule has 0 bridgehead atoms. The van der Waals surface area contributed by atoms with Crippen molar-refractivity contribution in [1.82, 2.24) is 24.7 Å². The molecule has 0 radical (unpaired) electrons. The fourth-order valence-corrected chi connectivity index (χ4v) is 3.91. The van der Waals surface area contributed by atoms with Gasteiger partial charge in [-0.25, -0.2) is 9.07 Å². The number of nitrogens with one attached hydrogen (secondary N) is 1. The second-order valence-electron chi connectivity index (χ2n) is 8.20. The molecule has 8 nitrogen and oxygen atoms in total. The molecule has 4 aromatic rings. The molecule has 1 aromatic carbocycles. The first kappa shape index (κ1) is 25.3. The molecule has 3 heterocycles. The molecule has 0 aliphatic carbocycles. The van der Waals surface area contributed by atoms with Gasteiger partial charge in [0.25, 0.3) is 5.91 Å². The Morgan fingerprint density at radius 1 is 1.17 bits per heavy atom. The van der Waals surface area contributed by atoms with Gasteiger partial charge < -0.3 is 19.6 Å². The highest BCUT2D eigenvalue weighted by Crippen LogP contribution is 2.40. The number of fused-ring (bicyclic) bond motifs is 1. The molecule has 1 atom stereocenters. The molecule has 0 aliphatic heterocycles. The smallest absolute Gasteiger partial charge is 0.375 e. The maximum atomic E-state index is 13.5. The fourth-order valence-electron chi connectivity index (χ4n) is 3.91. The fraction of sp³-hybridized carbons (Fsp3) is 0.292. The van der Waals surface area contributed by atoms with E-state index in [4.69, 9.17) is 4.74 Å². The SMILES string of the molecule is CCC(O)(c1cn(Cc2ccn3c(-c4ccc(F)cc4)c(C(=O)NCOC)cc3c2)nn1)C(F)(F)F. The summed E-state index contributed by atoms with van der Waals surface area (Å²) >= 11 is 0. The molecule has 0 saturated heterocycles. The van der Waals surface area contributed by atoms with Crippen LogP contribution < -0.4 is 5.32 Å². The number of halogens is 4. The average molecular weight is 505 g/mol. The Hall–Kier alpha value is -3.77. The lowest BCUT2D eigenvalue weighted by molar-refractivity contribution is -0.269. The molecule has 1 amide bonds. The minimum Gasteiger partial charge on any atom is -0.375 e. The quantitative estimate of drug-likeness (QED) is 0.280. The lowest BCUT2D eigenvalue weighted by atomic mass is 9.96. The van der Waals surface area contributed by atoms with E-state index in [1.165, 1.54) is 30.8 Å². The third kappa shape index (κ3) is 4.69. The van der Waals surface area contributed by atoms with E-state index in [0.717, 1.165) is 6.20 Å². The van der Waals surface area contributed by atoms with Crippen LogP contribution in [0, 0.1) is 5.82 Å². The van der Waals surface area contributed by atoms with Crippen LogP contribution in [-0.4, -0.2) is 50.4 Å². The third-order valence-corrected chi connectivity index (χ3v) is 5.86. The van der Waals surface area contributed by atoms with Crippen molar-refractivity contribution < 1.29 is 32.2 Å². The zero-order chi connectivity index (χ0) is 26.1. The van der Waals surface area contributed by atoms with E-state index in [-0.39, 0.29) is 13.3 Å². The van der Waals surface area contributed by atoms with Gasteiger partial charge in [-0.3, -0.25) is 4.79 Å². The Morgan fingerprint density at radius 3 is 2.53 bits per heavy atom. The summed E-state index contributed by atoms with van der Waals surface area (Å²) in [6.07, 6.45) is -2.74. The van der Waals surface area contributed by atoms with Gasteiger partial charge in [-0.2, -0.15) is 13.2 Å². The molecule has 12 heteroatoms. The summed E-state index contributed by atoms with van der Waals surface area (Å²) in [6, 6.07) is 10.8. The zero-order valence-corrected chi connectivity index (χ0v) is 19.4. The zero-order valence-electron chi connectivity index (χ0n) is 19.4. The van der Waals surface area contributed by atoms with Crippen LogP contribution in [0.15, 0.2) is 54.9 Å². The number of carbonyl (C=O) groups is 1. The van der Waals surface area contributed by atoms with Gasteiger partial charge in [-0.05, 0) is 60.0 Å².